The monoisotopic (exact) mass is 276 g/mol. The van der Waals surface area contributed by atoms with Gasteiger partial charge >= 0.3 is 5.97 Å². The number of hydrogen-bond acceptors (Lipinski definition) is 3. The molecule has 0 saturated heterocycles. The molecule has 2 rings (SSSR count). The SMILES string of the molecule is COCOc1cccc(C2=CCC(CC(=O)O)CC2)c1. The topological polar surface area (TPSA) is 55.8 Å². The van der Waals surface area contributed by atoms with Gasteiger partial charge in [-0.15, -0.1) is 0 Å². The zero-order valence-corrected chi connectivity index (χ0v) is 11.7. The maximum atomic E-state index is 10.7. The van der Waals surface area contributed by atoms with Gasteiger partial charge in [0.2, 0.25) is 0 Å². The predicted molar refractivity (Wildman–Crippen MR) is 76.5 cm³/mol. The second-order valence-electron chi connectivity index (χ2n) is 5.05. The number of benzene rings is 1. The Labute approximate surface area is 119 Å². The van der Waals surface area contributed by atoms with Crippen LogP contribution in [0.5, 0.6) is 5.75 Å². The van der Waals surface area contributed by atoms with Gasteiger partial charge in [0, 0.05) is 13.5 Å². The van der Waals surface area contributed by atoms with Crippen molar-refractivity contribution in [1.29, 1.82) is 0 Å². The lowest BCUT2D eigenvalue weighted by Gasteiger charge is -2.21. The van der Waals surface area contributed by atoms with E-state index in [-0.39, 0.29) is 19.1 Å². The molecule has 4 nitrogen and oxygen atoms in total. The van der Waals surface area contributed by atoms with Gasteiger partial charge in [-0.25, -0.2) is 0 Å². The highest BCUT2D eigenvalue weighted by Crippen LogP contribution is 2.32. The van der Waals surface area contributed by atoms with Gasteiger partial charge in [-0.1, -0.05) is 18.2 Å². The molecule has 1 aromatic carbocycles. The van der Waals surface area contributed by atoms with Crippen molar-refractivity contribution in [2.24, 2.45) is 5.92 Å². The van der Waals surface area contributed by atoms with Crippen LogP contribution in [0.25, 0.3) is 5.57 Å². The van der Waals surface area contributed by atoms with E-state index in [1.807, 2.05) is 18.2 Å². The molecule has 20 heavy (non-hydrogen) atoms. The molecule has 0 aliphatic heterocycles. The molecule has 0 radical (unpaired) electrons. The van der Waals surface area contributed by atoms with Gasteiger partial charge < -0.3 is 14.6 Å². The van der Waals surface area contributed by atoms with Crippen LogP contribution in [0.1, 0.15) is 31.2 Å². The minimum Gasteiger partial charge on any atom is -0.481 e. The largest absolute Gasteiger partial charge is 0.481 e. The summed E-state index contributed by atoms with van der Waals surface area (Å²) in [6.07, 6.45) is 5.12. The van der Waals surface area contributed by atoms with E-state index in [1.54, 1.807) is 7.11 Å². The highest BCUT2D eigenvalue weighted by molar-refractivity contribution is 5.69. The van der Waals surface area contributed by atoms with Crippen LogP contribution in [-0.4, -0.2) is 25.0 Å². The molecular weight excluding hydrogens is 256 g/mol. The van der Waals surface area contributed by atoms with Crippen molar-refractivity contribution in [3.8, 4) is 5.75 Å². The molecule has 0 aromatic heterocycles. The molecule has 0 bridgehead atoms. The lowest BCUT2D eigenvalue weighted by Crippen LogP contribution is -2.10. The number of carboxylic acid groups (broad SMARTS) is 1. The Bertz CT molecular complexity index is 493. The van der Waals surface area contributed by atoms with Gasteiger partial charge in [-0.3, -0.25) is 4.79 Å². The van der Waals surface area contributed by atoms with Gasteiger partial charge in [0.05, 0.1) is 0 Å². The third-order valence-corrected chi connectivity index (χ3v) is 3.53. The molecule has 0 heterocycles. The number of carbonyl (C=O) groups is 1. The normalized spacial score (nSPS) is 18.4. The first-order valence-corrected chi connectivity index (χ1v) is 6.82. The second-order valence-corrected chi connectivity index (χ2v) is 5.05. The fourth-order valence-corrected chi connectivity index (χ4v) is 2.50. The zero-order chi connectivity index (χ0) is 14.4. The number of hydrogen-bond donors (Lipinski definition) is 1. The van der Waals surface area contributed by atoms with E-state index in [2.05, 4.69) is 12.1 Å². The maximum absolute atomic E-state index is 10.7. The first kappa shape index (κ1) is 14.6. The van der Waals surface area contributed by atoms with Gasteiger partial charge in [0.1, 0.15) is 5.75 Å². The van der Waals surface area contributed by atoms with Crippen molar-refractivity contribution < 1.29 is 19.4 Å². The van der Waals surface area contributed by atoms with Crippen LogP contribution < -0.4 is 4.74 Å². The third kappa shape index (κ3) is 4.10. The molecule has 1 N–H and O–H groups in total. The molecule has 1 unspecified atom stereocenters. The van der Waals surface area contributed by atoms with Gasteiger partial charge in [-0.05, 0) is 48.4 Å². The molecule has 1 aliphatic rings. The predicted octanol–water partition coefficient (Wildman–Crippen LogP) is 3.33. The van der Waals surface area contributed by atoms with Crippen molar-refractivity contribution in [2.45, 2.75) is 25.7 Å². The highest BCUT2D eigenvalue weighted by atomic mass is 16.7. The van der Waals surface area contributed by atoms with E-state index in [9.17, 15) is 4.79 Å². The maximum Gasteiger partial charge on any atom is 0.303 e. The Kier molecular flexibility index (Phi) is 5.18. The number of carboxylic acids is 1. The smallest absolute Gasteiger partial charge is 0.303 e. The van der Waals surface area contributed by atoms with Crippen molar-refractivity contribution in [3.63, 3.8) is 0 Å². The first-order chi connectivity index (χ1) is 9.69. The molecule has 0 fully saturated rings. The van der Waals surface area contributed by atoms with Gasteiger partial charge in [-0.2, -0.15) is 0 Å². The highest BCUT2D eigenvalue weighted by Gasteiger charge is 2.18. The third-order valence-electron chi connectivity index (χ3n) is 3.53. The van der Waals surface area contributed by atoms with E-state index >= 15 is 0 Å². The summed E-state index contributed by atoms with van der Waals surface area (Å²) >= 11 is 0. The Balaban J connectivity index is 2.01. The van der Waals surface area contributed by atoms with Crippen LogP contribution in [0.15, 0.2) is 30.3 Å². The van der Waals surface area contributed by atoms with E-state index < -0.39 is 5.97 Å². The minimum absolute atomic E-state index is 0.239. The molecule has 1 aromatic rings. The Hall–Kier alpha value is -1.81. The Morgan fingerprint density at radius 1 is 1.45 bits per heavy atom. The fourth-order valence-electron chi connectivity index (χ4n) is 2.50. The summed E-state index contributed by atoms with van der Waals surface area (Å²) < 4.78 is 10.3. The summed E-state index contributed by atoms with van der Waals surface area (Å²) in [5.41, 5.74) is 2.42. The van der Waals surface area contributed by atoms with Crippen molar-refractivity contribution >= 4 is 11.5 Å². The summed E-state index contributed by atoms with van der Waals surface area (Å²) in [5.74, 6) is 0.351. The number of rotatable bonds is 6. The summed E-state index contributed by atoms with van der Waals surface area (Å²) in [4.78, 5) is 10.7. The van der Waals surface area contributed by atoms with Crippen molar-refractivity contribution in [2.75, 3.05) is 13.9 Å². The van der Waals surface area contributed by atoms with E-state index in [0.717, 1.165) is 30.6 Å². The summed E-state index contributed by atoms with van der Waals surface area (Å²) in [6, 6.07) is 7.93. The molecule has 1 atom stereocenters. The molecular formula is C16H20O4. The van der Waals surface area contributed by atoms with Crippen LogP contribution in [0.4, 0.5) is 0 Å². The fraction of sp³-hybridized carbons (Fsp3) is 0.438. The van der Waals surface area contributed by atoms with E-state index in [4.69, 9.17) is 14.6 Å². The Morgan fingerprint density at radius 2 is 2.30 bits per heavy atom. The number of aliphatic carboxylic acids is 1. The second kappa shape index (κ2) is 7.10. The van der Waals surface area contributed by atoms with Crippen LogP contribution in [-0.2, 0) is 9.53 Å². The van der Waals surface area contributed by atoms with E-state index in [0.29, 0.717) is 0 Å². The summed E-state index contributed by atoms with van der Waals surface area (Å²) in [5, 5.41) is 8.82. The molecule has 108 valence electrons. The minimum atomic E-state index is -0.707. The lowest BCUT2D eigenvalue weighted by molar-refractivity contribution is -0.138. The van der Waals surface area contributed by atoms with Crippen LogP contribution >= 0.6 is 0 Å². The average molecular weight is 276 g/mol. The molecule has 0 saturated carbocycles. The van der Waals surface area contributed by atoms with Crippen molar-refractivity contribution in [3.05, 3.63) is 35.9 Å². The number of methoxy groups -OCH3 is 1. The number of ether oxygens (including phenoxy) is 2. The van der Waals surface area contributed by atoms with Crippen LogP contribution in [0.3, 0.4) is 0 Å². The molecule has 0 amide bonds. The summed E-state index contributed by atoms with van der Waals surface area (Å²) in [7, 11) is 1.59. The Morgan fingerprint density at radius 3 is 2.95 bits per heavy atom. The van der Waals surface area contributed by atoms with Crippen LogP contribution in [0, 0.1) is 5.92 Å². The van der Waals surface area contributed by atoms with Crippen LogP contribution in [0.2, 0.25) is 0 Å². The first-order valence-electron chi connectivity index (χ1n) is 6.82. The standard InChI is InChI=1S/C16H20O4/c1-19-11-20-15-4-2-3-14(10-15)13-7-5-12(6-8-13)9-16(17)18/h2-4,7,10,12H,5-6,8-9,11H2,1H3,(H,17,18). The quantitative estimate of drug-likeness (QED) is 0.810. The zero-order valence-electron chi connectivity index (χ0n) is 11.7. The number of allylic oxidation sites excluding steroid dienone is 2. The van der Waals surface area contributed by atoms with Gasteiger partial charge in [0.15, 0.2) is 6.79 Å². The average Bonchev–Trinajstić information content (AvgIpc) is 2.45. The molecule has 0 spiro atoms. The van der Waals surface area contributed by atoms with Crippen molar-refractivity contribution in [1.82, 2.24) is 0 Å². The lowest BCUT2D eigenvalue weighted by atomic mass is 9.85. The van der Waals surface area contributed by atoms with E-state index in [1.165, 1.54) is 5.57 Å². The van der Waals surface area contributed by atoms with Gasteiger partial charge in [0.25, 0.3) is 0 Å². The molecule has 1 aliphatic carbocycles. The summed E-state index contributed by atoms with van der Waals surface area (Å²) in [6.45, 7) is 0.239. The molecule has 4 heteroatoms.